The van der Waals surface area contributed by atoms with Crippen LogP contribution in [0, 0.1) is 35.5 Å². The fourth-order valence-electron chi connectivity index (χ4n) is 5.81. The van der Waals surface area contributed by atoms with E-state index in [4.69, 9.17) is 4.74 Å². The van der Waals surface area contributed by atoms with Crippen molar-refractivity contribution in [2.75, 3.05) is 6.54 Å². The molecular weight excluding hydrogens is 378 g/mol. The van der Waals surface area contributed by atoms with Crippen LogP contribution >= 0.6 is 0 Å². The average Bonchev–Trinajstić information content (AvgIpc) is 3.56. The van der Waals surface area contributed by atoms with Gasteiger partial charge in [-0.3, -0.25) is 14.5 Å². The largest absolute Gasteiger partial charge is 0.425 e. The molecule has 1 saturated heterocycles. The number of likely N-dealkylation sites (tertiary alicyclic amines) is 1. The van der Waals surface area contributed by atoms with E-state index in [2.05, 4.69) is 12.2 Å². The van der Waals surface area contributed by atoms with Crippen LogP contribution < -0.4 is 4.74 Å². The third-order valence-electron chi connectivity index (χ3n) is 7.23. The van der Waals surface area contributed by atoms with Crippen LogP contribution in [0.5, 0.6) is 5.75 Å². The molecule has 5 nitrogen and oxygen atoms in total. The summed E-state index contributed by atoms with van der Waals surface area (Å²) in [6, 6.07) is 17.1. The Hall–Kier alpha value is -3.21. The number of nitrogens with zero attached hydrogens (tertiary/aromatic N) is 1. The molecule has 30 heavy (non-hydrogen) atoms. The second-order valence-electron chi connectivity index (χ2n) is 8.78. The number of benzene rings is 2. The zero-order valence-electron chi connectivity index (χ0n) is 16.3. The number of allylic oxidation sites excluding steroid dienone is 2. The van der Waals surface area contributed by atoms with Crippen LogP contribution in [0.1, 0.15) is 6.42 Å². The Bertz CT molecular complexity index is 1040. The number of esters is 1. The summed E-state index contributed by atoms with van der Waals surface area (Å²) in [5.41, 5.74) is 2.10. The number of imide groups is 1. The molecule has 0 N–H and O–H groups in total. The van der Waals surface area contributed by atoms with E-state index in [1.807, 2.05) is 42.5 Å². The Balaban J connectivity index is 1.14. The quantitative estimate of drug-likeness (QED) is 0.342. The van der Waals surface area contributed by atoms with Crippen molar-refractivity contribution in [1.29, 1.82) is 0 Å². The maximum absolute atomic E-state index is 13.0. The summed E-state index contributed by atoms with van der Waals surface area (Å²) in [7, 11) is 0. The van der Waals surface area contributed by atoms with Crippen molar-refractivity contribution in [1.82, 2.24) is 4.90 Å². The van der Waals surface area contributed by atoms with Gasteiger partial charge in [0, 0.05) is 0 Å². The van der Waals surface area contributed by atoms with Gasteiger partial charge >= 0.3 is 5.97 Å². The minimum atomic E-state index is -0.590. The zero-order chi connectivity index (χ0) is 20.4. The fourth-order valence-corrected chi connectivity index (χ4v) is 5.81. The average molecular weight is 399 g/mol. The Morgan fingerprint density at radius 3 is 2.00 bits per heavy atom. The van der Waals surface area contributed by atoms with Crippen LogP contribution in [0.3, 0.4) is 0 Å². The van der Waals surface area contributed by atoms with Crippen molar-refractivity contribution < 1.29 is 19.1 Å². The van der Waals surface area contributed by atoms with Gasteiger partial charge in [-0.15, -0.1) is 0 Å². The number of carbonyl (C=O) groups is 3. The predicted octanol–water partition coefficient (Wildman–Crippen LogP) is 3.31. The first kappa shape index (κ1) is 17.6. The number of hydrogen-bond donors (Lipinski definition) is 0. The van der Waals surface area contributed by atoms with Gasteiger partial charge < -0.3 is 4.74 Å². The van der Waals surface area contributed by atoms with Crippen LogP contribution in [0.2, 0.25) is 0 Å². The third-order valence-corrected chi connectivity index (χ3v) is 7.23. The molecular formula is C25H21NO4. The Kier molecular flexibility index (Phi) is 3.76. The Morgan fingerprint density at radius 1 is 0.833 bits per heavy atom. The highest BCUT2D eigenvalue weighted by Gasteiger charge is 2.67. The van der Waals surface area contributed by atoms with Crippen molar-refractivity contribution in [3.63, 3.8) is 0 Å². The zero-order valence-corrected chi connectivity index (χ0v) is 16.3. The normalized spacial score (nSPS) is 32.7. The van der Waals surface area contributed by atoms with E-state index in [1.165, 1.54) is 0 Å². The van der Waals surface area contributed by atoms with Gasteiger partial charge in [0.15, 0.2) is 0 Å². The predicted molar refractivity (Wildman–Crippen MR) is 109 cm³/mol. The van der Waals surface area contributed by atoms with Crippen molar-refractivity contribution >= 4 is 17.8 Å². The van der Waals surface area contributed by atoms with E-state index < -0.39 is 5.97 Å². The lowest BCUT2D eigenvalue weighted by atomic mass is 9.63. The summed E-state index contributed by atoms with van der Waals surface area (Å²) in [5, 5.41) is 0. The lowest BCUT2D eigenvalue weighted by Gasteiger charge is -2.37. The third kappa shape index (κ3) is 2.58. The number of hydrogen-bond acceptors (Lipinski definition) is 4. The van der Waals surface area contributed by atoms with Crippen molar-refractivity contribution in [2.45, 2.75) is 6.42 Å². The summed E-state index contributed by atoms with van der Waals surface area (Å²) < 4.78 is 5.42. The smallest absolute Gasteiger partial charge is 0.331 e. The number of amides is 2. The monoisotopic (exact) mass is 399 g/mol. The van der Waals surface area contributed by atoms with Gasteiger partial charge in [-0.25, -0.2) is 4.79 Å². The fraction of sp³-hybridized carbons (Fsp3) is 0.320. The summed E-state index contributed by atoms with van der Waals surface area (Å²) >= 11 is 0. The second kappa shape index (κ2) is 6.39. The van der Waals surface area contributed by atoms with E-state index in [0.717, 1.165) is 22.4 Å². The first-order chi connectivity index (χ1) is 14.6. The van der Waals surface area contributed by atoms with Gasteiger partial charge in [0.1, 0.15) is 12.3 Å². The number of carbonyl (C=O) groups excluding carboxylic acids is 3. The summed E-state index contributed by atoms with van der Waals surface area (Å²) in [4.78, 5) is 39.5. The van der Waals surface area contributed by atoms with E-state index in [1.54, 1.807) is 12.1 Å². The van der Waals surface area contributed by atoms with Crippen LogP contribution in [-0.2, 0) is 14.4 Å². The van der Waals surface area contributed by atoms with Gasteiger partial charge in [0.2, 0.25) is 11.8 Å². The molecule has 1 heterocycles. The van der Waals surface area contributed by atoms with Crippen LogP contribution in [0.4, 0.5) is 0 Å². The molecule has 0 aromatic heterocycles. The molecule has 0 radical (unpaired) electrons. The van der Waals surface area contributed by atoms with Crippen molar-refractivity contribution in [3.05, 3.63) is 66.7 Å². The molecule has 2 bridgehead atoms. The molecule has 0 spiro atoms. The maximum atomic E-state index is 13.0. The highest BCUT2D eigenvalue weighted by molar-refractivity contribution is 6.08. The minimum Gasteiger partial charge on any atom is -0.425 e. The molecule has 2 aromatic rings. The molecule has 2 saturated carbocycles. The summed E-state index contributed by atoms with van der Waals surface area (Å²) in [6.45, 7) is -0.320. The molecule has 2 aromatic carbocycles. The van der Waals surface area contributed by atoms with Gasteiger partial charge in [0.25, 0.3) is 0 Å². The molecule has 7 rings (SSSR count). The standard InChI is InChI=1S/C25H21NO4/c27-21(30-16-8-6-15(7-9-16)14-4-2-1-3-5-14)13-26-24(28)22-17-10-11-18(20-12-19(17)20)23(22)25(26)29/h1-11,17-20,22-23H,12-13H2/t17-,18-,19-,20+,22-,23+/m0/s1. The van der Waals surface area contributed by atoms with Crippen LogP contribution in [-0.4, -0.2) is 29.2 Å². The highest BCUT2D eigenvalue weighted by Crippen LogP contribution is 2.65. The van der Waals surface area contributed by atoms with Gasteiger partial charge in [-0.1, -0.05) is 54.6 Å². The van der Waals surface area contributed by atoms with E-state index >= 15 is 0 Å². The van der Waals surface area contributed by atoms with Crippen LogP contribution in [0.15, 0.2) is 66.7 Å². The molecule has 3 fully saturated rings. The molecule has 4 aliphatic carbocycles. The van der Waals surface area contributed by atoms with Gasteiger partial charge in [-0.05, 0) is 53.4 Å². The Labute approximate surface area is 174 Å². The Morgan fingerprint density at radius 2 is 1.40 bits per heavy atom. The lowest BCUT2D eigenvalue weighted by molar-refractivity contribution is -0.148. The summed E-state index contributed by atoms with van der Waals surface area (Å²) in [6.07, 6.45) is 5.37. The molecule has 2 amide bonds. The summed E-state index contributed by atoms with van der Waals surface area (Å²) in [5.74, 6) is 0.259. The molecule has 1 aliphatic heterocycles. The van der Waals surface area contributed by atoms with Gasteiger partial charge in [-0.2, -0.15) is 0 Å². The highest BCUT2D eigenvalue weighted by atomic mass is 16.5. The van der Waals surface area contributed by atoms with E-state index in [-0.39, 0.29) is 42.0 Å². The number of rotatable bonds is 4. The first-order valence-corrected chi connectivity index (χ1v) is 10.5. The van der Waals surface area contributed by atoms with Gasteiger partial charge in [0.05, 0.1) is 11.8 Å². The minimum absolute atomic E-state index is 0.160. The molecule has 150 valence electrons. The SMILES string of the molecule is O=C(CN1C(=O)[C@@H]2[C@H]3C=C[C@@H]([C@@H]4C[C@H]34)[C@@H]2C1=O)Oc1ccc(-c2ccccc2)cc1. The maximum Gasteiger partial charge on any atom is 0.331 e. The van der Waals surface area contributed by atoms with Crippen LogP contribution in [0.25, 0.3) is 11.1 Å². The number of ether oxygens (including phenoxy) is 1. The first-order valence-electron chi connectivity index (χ1n) is 10.5. The topological polar surface area (TPSA) is 63.7 Å². The molecule has 5 aliphatic rings. The molecule has 6 atom stereocenters. The van der Waals surface area contributed by atoms with E-state index in [9.17, 15) is 14.4 Å². The molecule has 5 heteroatoms. The molecule has 0 unspecified atom stereocenters. The van der Waals surface area contributed by atoms with E-state index in [0.29, 0.717) is 17.6 Å². The van der Waals surface area contributed by atoms with Crippen molar-refractivity contribution in [2.24, 2.45) is 35.5 Å². The lowest BCUT2D eigenvalue weighted by Crippen LogP contribution is -2.40. The van der Waals surface area contributed by atoms with Crippen molar-refractivity contribution in [3.8, 4) is 16.9 Å². The second-order valence-corrected chi connectivity index (χ2v) is 8.78.